The molecule has 17 heavy (non-hydrogen) atoms. The highest BCUT2D eigenvalue weighted by atomic mass is 19.4. The Morgan fingerprint density at radius 1 is 1.29 bits per heavy atom. The van der Waals surface area contributed by atoms with Gasteiger partial charge in [-0.1, -0.05) is 0 Å². The molecular weight excluding hydrogens is 233 g/mol. The summed E-state index contributed by atoms with van der Waals surface area (Å²) in [4.78, 5) is 0. The molecule has 88 valence electrons. The van der Waals surface area contributed by atoms with Gasteiger partial charge in [0.25, 0.3) is 0 Å². The first-order chi connectivity index (χ1) is 7.95. The maximum Gasteiger partial charge on any atom is 0.420 e. The first-order valence-electron chi connectivity index (χ1n) is 4.49. The summed E-state index contributed by atoms with van der Waals surface area (Å²) in [6.07, 6.45) is -5.15. The minimum Gasteiger partial charge on any atom is -0.496 e. The van der Waals surface area contributed by atoms with Crippen LogP contribution in [0.15, 0.2) is 12.1 Å². The van der Waals surface area contributed by atoms with Crippen molar-refractivity contribution in [1.82, 2.24) is 0 Å². The van der Waals surface area contributed by atoms with Crippen LogP contribution in [-0.4, -0.2) is 7.11 Å². The first-order valence-corrected chi connectivity index (χ1v) is 4.49. The van der Waals surface area contributed by atoms with Crippen molar-refractivity contribution in [2.45, 2.75) is 12.6 Å². The summed E-state index contributed by atoms with van der Waals surface area (Å²) in [5, 5.41) is 17.3. The number of nitriles is 2. The Kier molecular flexibility index (Phi) is 3.59. The Hall–Kier alpha value is -2.21. The highest BCUT2D eigenvalue weighted by Crippen LogP contribution is 2.40. The fourth-order valence-corrected chi connectivity index (χ4v) is 1.47. The maximum absolute atomic E-state index is 12.8. The molecule has 0 unspecified atom stereocenters. The van der Waals surface area contributed by atoms with E-state index in [1.54, 1.807) is 12.1 Å². The number of hydrogen-bond donors (Lipinski definition) is 0. The Morgan fingerprint density at radius 2 is 1.94 bits per heavy atom. The molecule has 1 aromatic rings. The predicted molar refractivity (Wildman–Crippen MR) is 52.0 cm³/mol. The molecule has 1 rings (SSSR count). The highest BCUT2D eigenvalue weighted by molar-refractivity contribution is 5.52. The van der Waals surface area contributed by atoms with E-state index in [0.29, 0.717) is 0 Å². The van der Waals surface area contributed by atoms with Crippen LogP contribution in [0.5, 0.6) is 5.75 Å². The zero-order valence-corrected chi connectivity index (χ0v) is 8.80. The van der Waals surface area contributed by atoms with Gasteiger partial charge < -0.3 is 4.74 Å². The van der Waals surface area contributed by atoms with Crippen molar-refractivity contribution in [3.05, 3.63) is 28.8 Å². The van der Waals surface area contributed by atoms with E-state index in [-0.39, 0.29) is 16.9 Å². The second-order valence-electron chi connectivity index (χ2n) is 3.11. The van der Waals surface area contributed by atoms with Gasteiger partial charge >= 0.3 is 6.18 Å². The summed E-state index contributed by atoms with van der Waals surface area (Å²) < 4.78 is 43.1. The summed E-state index contributed by atoms with van der Waals surface area (Å²) >= 11 is 0. The Morgan fingerprint density at radius 3 is 2.35 bits per heavy atom. The van der Waals surface area contributed by atoms with Crippen LogP contribution in [0.3, 0.4) is 0 Å². The number of methoxy groups -OCH3 is 1. The second kappa shape index (κ2) is 4.75. The van der Waals surface area contributed by atoms with Crippen LogP contribution in [0.2, 0.25) is 0 Å². The van der Waals surface area contributed by atoms with Gasteiger partial charge in [0.1, 0.15) is 11.3 Å². The molecule has 6 heteroatoms. The summed E-state index contributed by atoms with van der Waals surface area (Å²) in [6, 6.07) is 5.53. The zero-order valence-electron chi connectivity index (χ0n) is 8.80. The molecule has 0 aliphatic heterocycles. The Labute approximate surface area is 95.7 Å². The molecule has 0 aliphatic rings. The maximum atomic E-state index is 12.8. The van der Waals surface area contributed by atoms with Crippen molar-refractivity contribution in [3.63, 3.8) is 0 Å². The van der Waals surface area contributed by atoms with Crippen LogP contribution < -0.4 is 4.74 Å². The van der Waals surface area contributed by atoms with Crippen molar-refractivity contribution < 1.29 is 17.9 Å². The Balaban J connectivity index is 3.61. The van der Waals surface area contributed by atoms with Gasteiger partial charge in [-0.25, -0.2) is 0 Å². The number of nitrogens with zero attached hydrogens (tertiary/aromatic N) is 2. The monoisotopic (exact) mass is 240 g/mol. The van der Waals surface area contributed by atoms with Crippen molar-refractivity contribution >= 4 is 0 Å². The van der Waals surface area contributed by atoms with Gasteiger partial charge in [0.05, 0.1) is 31.2 Å². The number of ether oxygens (including phenoxy) is 1. The van der Waals surface area contributed by atoms with E-state index in [9.17, 15) is 13.2 Å². The van der Waals surface area contributed by atoms with Gasteiger partial charge in [0.2, 0.25) is 0 Å². The number of hydrogen-bond acceptors (Lipinski definition) is 3. The van der Waals surface area contributed by atoms with E-state index in [2.05, 4.69) is 4.74 Å². The lowest BCUT2D eigenvalue weighted by Crippen LogP contribution is -2.12. The van der Waals surface area contributed by atoms with Gasteiger partial charge in [-0.3, -0.25) is 0 Å². The van der Waals surface area contributed by atoms with Gasteiger partial charge in [-0.2, -0.15) is 23.7 Å². The third-order valence-corrected chi connectivity index (χ3v) is 2.15. The standard InChI is InChI=1S/C11H7F3N2O/c1-17-9-3-2-7(6-16)8(4-5-15)10(9)11(12,13)14/h2-3H,4H2,1H3. The van der Waals surface area contributed by atoms with Crippen LogP contribution in [0.1, 0.15) is 16.7 Å². The molecule has 0 N–H and O–H groups in total. The molecule has 0 aliphatic carbocycles. The minimum absolute atomic E-state index is 0.167. The Bertz CT molecular complexity index is 509. The molecule has 0 saturated carbocycles. The smallest absolute Gasteiger partial charge is 0.420 e. The van der Waals surface area contributed by atoms with E-state index in [1.807, 2.05) is 0 Å². The quantitative estimate of drug-likeness (QED) is 0.798. The van der Waals surface area contributed by atoms with Gasteiger partial charge in [-0.05, 0) is 17.7 Å². The summed E-state index contributed by atoms with van der Waals surface area (Å²) in [5.41, 5.74) is -1.57. The largest absolute Gasteiger partial charge is 0.496 e. The molecule has 0 heterocycles. The fraction of sp³-hybridized carbons (Fsp3) is 0.273. The number of halogens is 3. The van der Waals surface area contributed by atoms with Crippen LogP contribution in [-0.2, 0) is 12.6 Å². The van der Waals surface area contributed by atoms with Crippen LogP contribution in [0, 0.1) is 22.7 Å². The highest BCUT2D eigenvalue weighted by Gasteiger charge is 2.38. The summed E-state index contributed by atoms with van der Waals surface area (Å²) in [7, 11) is 1.10. The summed E-state index contributed by atoms with van der Waals surface area (Å²) in [5.74, 6) is -0.387. The van der Waals surface area contributed by atoms with Gasteiger partial charge in [0, 0.05) is 0 Å². The van der Waals surface area contributed by atoms with Crippen molar-refractivity contribution in [3.8, 4) is 17.9 Å². The van der Waals surface area contributed by atoms with Crippen LogP contribution in [0.4, 0.5) is 13.2 Å². The average molecular weight is 240 g/mol. The molecule has 0 radical (unpaired) electrons. The SMILES string of the molecule is COc1ccc(C#N)c(CC#N)c1C(F)(F)F. The second-order valence-corrected chi connectivity index (χ2v) is 3.11. The van der Waals surface area contributed by atoms with E-state index in [4.69, 9.17) is 10.5 Å². The number of benzene rings is 1. The molecule has 0 atom stereocenters. The topological polar surface area (TPSA) is 56.8 Å². The molecule has 0 spiro atoms. The van der Waals surface area contributed by atoms with E-state index < -0.39 is 18.2 Å². The lowest BCUT2D eigenvalue weighted by Gasteiger charge is -2.16. The molecule has 3 nitrogen and oxygen atoms in total. The summed E-state index contributed by atoms with van der Waals surface area (Å²) in [6.45, 7) is 0. The van der Waals surface area contributed by atoms with E-state index in [0.717, 1.165) is 13.2 Å². The van der Waals surface area contributed by atoms with Crippen molar-refractivity contribution in [1.29, 1.82) is 10.5 Å². The molecule has 1 aromatic carbocycles. The first kappa shape index (κ1) is 12.9. The number of rotatable bonds is 2. The lowest BCUT2D eigenvalue weighted by molar-refractivity contribution is -0.139. The van der Waals surface area contributed by atoms with Crippen molar-refractivity contribution in [2.75, 3.05) is 7.11 Å². The van der Waals surface area contributed by atoms with E-state index in [1.165, 1.54) is 6.07 Å². The lowest BCUT2D eigenvalue weighted by atomic mass is 9.98. The van der Waals surface area contributed by atoms with Crippen molar-refractivity contribution in [2.24, 2.45) is 0 Å². The molecule has 0 aromatic heterocycles. The third-order valence-electron chi connectivity index (χ3n) is 2.15. The van der Waals surface area contributed by atoms with Gasteiger partial charge in [0.15, 0.2) is 0 Å². The molecular formula is C11H7F3N2O. The molecule has 0 bridgehead atoms. The van der Waals surface area contributed by atoms with Crippen LogP contribution >= 0.6 is 0 Å². The molecule has 0 amide bonds. The zero-order chi connectivity index (χ0) is 13.1. The van der Waals surface area contributed by atoms with Crippen LogP contribution in [0.25, 0.3) is 0 Å². The minimum atomic E-state index is -4.66. The fourth-order valence-electron chi connectivity index (χ4n) is 1.47. The molecule has 0 fully saturated rings. The van der Waals surface area contributed by atoms with E-state index >= 15 is 0 Å². The molecule has 0 saturated heterocycles. The number of alkyl halides is 3. The average Bonchev–Trinajstić information content (AvgIpc) is 2.27. The predicted octanol–water partition coefficient (Wildman–Crippen LogP) is 2.65. The third kappa shape index (κ3) is 2.48. The van der Waals surface area contributed by atoms with Gasteiger partial charge in [-0.15, -0.1) is 0 Å². The normalized spacial score (nSPS) is 10.5.